The van der Waals surface area contributed by atoms with Crippen LogP contribution in [0.3, 0.4) is 0 Å². The third-order valence-corrected chi connectivity index (χ3v) is 2.93. The van der Waals surface area contributed by atoms with E-state index < -0.39 is 5.97 Å². The maximum absolute atomic E-state index is 10.6. The molecule has 2 aromatic heterocycles. The number of hydrogen-bond acceptors (Lipinski definition) is 5. The molecule has 0 aliphatic carbocycles. The number of ether oxygens (including phenoxy) is 2. The first kappa shape index (κ1) is 12.6. The second-order valence-electron chi connectivity index (χ2n) is 3.37. The number of fused-ring (bicyclic) bond motifs is 1. The van der Waals surface area contributed by atoms with Crippen LogP contribution >= 0.6 is 11.3 Å². The lowest BCUT2D eigenvalue weighted by molar-refractivity contribution is -0.131. The minimum absolute atomic E-state index is 0.370. The molecule has 0 fully saturated rings. The van der Waals surface area contributed by atoms with E-state index in [1.807, 2.05) is 11.6 Å². The number of aromatic nitrogens is 2. The number of nitrogens with zero attached hydrogens (tertiary/aromatic N) is 2. The van der Waals surface area contributed by atoms with E-state index in [1.165, 1.54) is 17.4 Å². The van der Waals surface area contributed by atoms with Gasteiger partial charge in [0.25, 0.3) is 0 Å². The van der Waals surface area contributed by atoms with Crippen molar-refractivity contribution in [3.8, 4) is 5.88 Å². The van der Waals surface area contributed by atoms with Crippen molar-refractivity contribution in [2.45, 2.75) is 0 Å². The van der Waals surface area contributed by atoms with Gasteiger partial charge in [-0.15, -0.1) is 11.3 Å². The molecule has 0 unspecified atom stereocenters. The van der Waals surface area contributed by atoms with E-state index in [2.05, 4.69) is 4.98 Å². The average Bonchev–Trinajstić information content (AvgIpc) is 2.87. The van der Waals surface area contributed by atoms with Gasteiger partial charge in [0.05, 0.1) is 6.61 Å². The third-order valence-electron chi connectivity index (χ3n) is 2.18. The Bertz CT molecular complexity index is 573. The summed E-state index contributed by atoms with van der Waals surface area (Å²) in [5.41, 5.74) is 0.616. The molecule has 0 bridgehead atoms. The first-order valence-electron chi connectivity index (χ1n) is 5.20. The number of carboxylic acids is 1. The number of carboxylic acid groups (broad SMARTS) is 1. The van der Waals surface area contributed by atoms with E-state index in [0.29, 0.717) is 24.8 Å². The molecule has 96 valence electrons. The summed E-state index contributed by atoms with van der Waals surface area (Å²) in [6.45, 7) is 0.822. The minimum atomic E-state index is -1.01. The van der Waals surface area contributed by atoms with Crippen LogP contribution in [0.25, 0.3) is 11.0 Å². The first-order valence-corrected chi connectivity index (χ1v) is 6.08. The van der Waals surface area contributed by atoms with Gasteiger partial charge >= 0.3 is 5.97 Å². The zero-order valence-corrected chi connectivity index (χ0v) is 10.5. The number of thiazole rings is 1. The van der Waals surface area contributed by atoms with E-state index in [-0.39, 0.29) is 0 Å². The fourth-order valence-corrected chi connectivity index (χ4v) is 2.13. The van der Waals surface area contributed by atoms with E-state index >= 15 is 0 Å². The molecule has 0 aromatic carbocycles. The van der Waals surface area contributed by atoms with E-state index in [0.717, 1.165) is 11.0 Å². The highest BCUT2D eigenvalue weighted by atomic mass is 32.1. The van der Waals surface area contributed by atoms with Crippen molar-refractivity contribution >= 4 is 28.3 Å². The van der Waals surface area contributed by atoms with Crippen LogP contribution in [0.15, 0.2) is 17.7 Å². The SMILES string of the molecule is COCCOc1nc2sccn2c1/C=C/C(=O)O. The predicted octanol–water partition coefficient (Wildman–Crippen LogP) is 1.52. The summed E-state index contributed by atoms with van der Waals surface area (Å²) in [6.07, 6.45) is 4.35. The minimum Gasteiger partial charge on any atom is -0.478 e. The molecule has 7 heteroatoms. The van der Waals surface area contributed by atoms with Crippen molar-refractivity contribution in [2.24, 2.45) is 0 Å². The van der Waals surface area contributed by atoms with Gasteiger partial charge in [0, 0.05) is 24.8 Å². The fourth-order valence-electron chi connectivity index (χ4n) is 1.41. The summed E-state index contributed by atoms with van der Waals surface area (Å²) in [7, 11) is 1.58. The number of imidazole rings is 1. The summed E-state index contributed by atoms with van der Waals surface area (Å²) in [5.74, 6) is -0.598. The molecule has 6 nitrogen and oxygen atoms in total. The van der Waals surface area contributed by atoms with Gasteiger partial charge in [-0.2, -0.15) is 4.98 Å². The number of methoxy groups -OCH3 is 1. The molecule has 2 heterocycles. The quantitative estimate of drug-likeness (QED) is 0.635. The van der Waals surface area contributed by atoms with Crippen LogP contribution in [0.2, 0.25) is 0 Å². The summed E-state index contributed by atoms with van der Waals surface area (Å²) in [6, 6.07) is 0. The number of carbonyl (C=O) groups is 1. The van der Waals surface area contributed by atoms with Crippen LogP contribution in [0, 0.1) is 0 Å². The lowest BCUT2D eigenvalue weighted by atomic mass is 10.4. The molecule has 2 aromatic rings. The summed E-state index contributed by atoms with van der Waals surface area (Å²) in [5, 5.41) is 10.5. The van der Waals surface area contributed by atoms with Crippen LogP contribution in [-0.4, -0.2) is 40.8 Å². The third kappa shape index (κ3) is 2.69. The van der Waals surface area contributed by atoms with Gasteiger partial charge < -0.3 is 14.6 Å². The van der Waals surface area contributed by atoms with Crippen molar-refractivity contribution in [3.05, 3.63) is 23.3 Å². The average molecular weight is 268 g/mol. The molecular formula is C11H12N2O4S. The van der Waals surface area contributed by atoms with Gasteiger partial charge in [-0.25, -0.2) is 4.79 Å². The lowest BCUT2D eigenvalue weighted by Crippen LogP contribution is -2.05. The van der Waals surface area contributed by atoms with E-state index in [9.17, 15) is 4.79 Å². The highest BCUT2D eigenvalue weighted by molar-refractivity contribution is 7.15. The highest BCUT2D eigenvalue weighted by Crippen LogP contribution is 2.24. The Kier molecular flexibility index (Phi) is 3.96. The number of hydrogen-bond donors (Lipinski definition) is 1. The van der Waals surface area contributed by atoms with Gasteiger partial charge in [0.2, 0.25) is 5.88 Å². The molecule has 0 atom stereocenters. The zero-order valence-electron chi connectivity index (χ0n) is 9.70. The van der Waals surface area contributed by atoms with Crippen molar-refractivity contribution in [1.82, 2.24) is 9.38 Å². The molecule has 0 radical (unpaired) electrons. The van der Waals surface area contributed by atoms with Crippen LogP contribution in [0.1, 0.15) is 5.69 Å². The van der Waals surface area contributed by atoms with Gasteiger partial charge in [0.1, 0.15) is 12.3 Å². The molecule has 0 spiro atoms. The van der Waals surface area contributed by atoms with Crippen LogP contribution in [-0.2, 0) is 9.53 Å². The number of rotatable bonds is 6. The molecule has 0 saturated heterocycles. The fraction of sp³-hybridized carbons (Fsp3) is 0.273. The van der Waals surface area contributed by atoms with Crippen LogP contribution < -0.4 is 4.74 Å². The Labute approximate surface area is 107 Å². The normalized spacial score (nSPS) is 11.4. The summed E-state index contributed by atoms with van der Waals surface area (Å²) >= 11 is 1.46. The highest BCUT2D eigenvalue weighted by Gasteiger charge is 2.12. The van der Waals surface area contributed by atoms with Crippen molar-refractivity contribution in [2.75, 3.05) is 20.3 Å². The largest absolute Gasteiger partial charge is 0.478 e. The summed E-state index contributed by atoms with van der Waals surface area (Å²) in [4.78, 5) is 15.6. The molecule has 0 amide bonds. The van der Waals surface area contributed by atoms with Gasteiger partial charge in [-0.1, -0.05) is 0 Å². The molecule has 0 saturated carbocycles. The zero-order chi connectivity index (χ0) is 13.0. The lowest BCUT2D eigenvalue weighted by Gasteiger charge is -2.02. The standard InChI is InChI=1S/C11H12N2O4S/c1-16-5-6-17-10-8(2-3-9(14)15)13-4-7-18-11(13)12-10/h2-4,7H,5-6H2,1H3,(H,14,15)/b3-2+. The van der Waals surface area contributed by atoms with Gasteiger partial charge in [0.15, 0.2) is 4.96 Å². The molecular weight excluding hydrogens is 256 g/mol. The van der Waals surface area contributed by atoms with E-state index in [4.69, 9.17) is 14.6 Å². The Morgan fingerprint density at radius 2 is 2.44 bits per heavy atom. The van der Waals surface area contributed by atoms with Gasteiger partial charge in [-0.3, -0.25) is 4.40 Å². The Hall–Kier alpha value is -1.86. The van der Waals surface area contributed by atoms with Crippen molar-refractivity contribution in [3.63, 3.8) is 0 Å². The Morgan fingerprint density at radius 3 is 3.17 bits per heavy atom. The predicted molar refractivity (Wildman–Crippen MR) is 67.1 cm³/mol. The second-order valence-corrected chi connectivity index (χ2v) is 4.24. The topological polar surface area (TPSA) is 73.1 Å². The van der Waals surface area contributed by atoms with Crippen LogP contribution in [0.5, 0.6) is 5.88 Å². The molecule has 0 aliphatic heterocycles. The maximum Gasteiger partial charge on any atom is 0.328 e. The molecule has 1 N–H and O–H groups in total. The maximum atomic E-state index is 10.6. The molecule has 2 rings (SSSR count). The smallest absolute Gasteiger partial charge is 0.328 e. The van der Waals surface area contributed by atoms with Gasteiger partial charge in [-0.05, 0) is 6.08 Å². The monoisotopic (exact) mass is 268 g/mol. The van der Waals surface area contributed by atoms with Crippen molar-refractivity contribution < 1.29 is 19.4 Å². The second kappa shape index (κ2) is 5.65. The number of aliphatic carboxylic acids is 1. The van der Waals surface area contributed by atoms with Crippen LogP contribution in [0.4, 0.5) is 0 Å². The summed E-state index contributed by atoms with van der Waals surface area (Å²) < 4.78 is 12.1. The molecule has 0 aliphatic rings. The Morgan fingerprint density at radius 1 is 1.61 bits per heavy atom. The molecule has 18 heavy (non-hydrogen) atoms. The van der Waals surface area contributed by atoms with E-state index in [1.54, 1.807) is 11.5 Å². The van der Waals surface area contributed by atoms with Crippen molar-refractivity contribution in [1.29, 1.82) is 0 Å². The Balaban J connectivity index is 2.29. The first-order chi connectivity index (χ1) is 8.72.